The van der Waals surface area contributed by atoms with Gasteiger partial charge in [0.05, 0.1) is 16.7 Å². The van der Waals surface area contributed by atoms with Crippen molar-refractivity contribution in [2.45, 2.75) is 50.5 Å². The topological polar surface area (TPSA) is 10.4 Å². The van der Waals surface area contributed by atoms with E-state index in [1.807, 2.05) is 43.5 Å². The minimum absolute atomic E-state index is 0.0522. The lowest BCUT2D eigenvalue weighted by Gasteiger charge is -2.48. The Morgan fingerprint density at radius 1 is 0.905 bits per heavy atom. The number of nitrogens with zero attached hydrogens (tertiary/aromatic N) is 3. The molecule has 3 nitrogen and oxygen atoms in total. The van der Waals surface area contributed by atoms with Crippen molar-refractivity contribution in [3.63, 3.8) is 0 Å². The summed E-state index contributed by atoms with van der Waals surface area (Å²) in [6.45, 7) is 7.74. The summed E-state index contributed by atoms with van der Waals surface area (Å²) >= 11 is 0. The maximum Gasteiger partial charge on any atom is 0.416 e. The van der Waals surface area contributed by atoms with E-state index in [0.29, 0.717) is 12.0 Å². The van der Waals surface area contributed by atoms with Gasteiger partial charge in [0.15, 0.2) is 6.20 Å². The monoisotopic (exact) mass is 562 g/mol. The van der Waals surface area contributed by atoms with Gasteiger partial charge in [-0.2, -0.15) is 17.7 Å². The zero-order chi connectivity index (χ0) is 28.7. The molecule has 3 atom stereocenters. The molecule has 3 aromatic carbocycles. The van der Waals surface area contributed by atoms with Gasteiger partial charge in [-0.25, -0.2) is 0 Å². The van der Waals surface area contributed by atoms with Gasteiger partial charge in [-0.3, -0.25) is 0 Å². The number of benzene rings is 3. The van der Waals surface area contributed by atoms with E-state index in [1.165, 1.54) is 28.8 Å². The van der Waals surface area contributed by atoms with Crippen molar-refractivity contribution in [3.05, 3.63) is 131 Å². The summed E-state index contributed by atoms with van der Waals surface area (Å²) < 4.78 is 44.6. The van der Waals surface area contributed by atoms with Crippen molar-refractivity contribution in [1.29, 1.82) is 0 Å². The summed E-state index contributed by atoms with van der Waals surface area (Å²) in [7, 11) is 0. The van der Waals surface area contributed by atoms with Crippen LogP contribution in [0.1, 0.15) is 51.9 Å². The molecule has 8 rings (SSSR count). The third kappa shape index (κ3) is 3.63. The van der Waals surface area contributed by atoms with E-state index in [4.69, 9.17) is 6.58 Å². The number of rotatable bonds is 1. The first kappa shape index (κ1) is 25.4. The number of fused-ring (bicyclic) bond motifs is 6. The van der Waals surface area contributed by atoms with Crippen LogP contribution in [0.25, 0.3) is 28.1 Å². The second-order valence-corrected chi connectivity index (χ2v) is 11.9. The van der Waals surface area contributed by atoms with Crippen LogP contribution >= 0.6 is 0 Å². The summed E-state index contributed by atoms with van der Waals surface area (Å²) in [5.74, 6) is 0.140. The maximum absolute atomic E-state index is 14.2. The minimum atomic E-state index is -4.44. The number of aryl methyl sites for hydroxylation is 2. The fraction of sp³-hybridized carbons (Fsp3) is 0.250. The molecule has 6 heteroatoms. The summed E-state index contributed by atoms with van der Waals surface area (Å²) in [5, 5.41) is 0. The van der Waals surface area contributed by atoms with Crippen LogP contribution in [-0.4, -0.2) is 22.4 Å². The van der Waals surface area contributed by atoms with Crippen LogP contribution in [-0.2, 0) is 19.0 Å². The third-order valence-corrected chi connectivity index (χ3v) is 9.73. The van der Waals surface area contributed by atoms with Gasteiger partial charge in [0.25, 0.3) is 0 Å². The zero-order valence-electron chi connectivity index (χ0n) is 23.4. The van der Waals surface area contributed by atoms with E-state index in [9.17, 15) is 13.2 Å². The molecule has 0 aliphatic carbocycles. The quantitative estimate of drug-likeness (QED) is 0.219. The van der Waals surface area contributed by atoms with E-state index in [2.05, 4.69) is 51.0 Å². The van der Waals surface area contributed by atoms with Crippen molar-refractivity contribution >= 4 is 5.70 Å². The summed E-state index contributed by atoms with van der Waals surface area (Å²) in [4.78, 5) is 4.87. The summed E-state index contributed by atoms with van der Waals surface area (Å²) in [6, 6.07) is 23.0. The molecule has 42 heavy (non-hydrogen) atoms. The number of halogens is 3. The first-order chi connectivity index (χ1) is 20.3. The van der Waals surface area contributed by atoms with Crippen molar-refractivity contribution < 1.29 is 17.7 Å². The second kappa shape index (κ2) is 9.09. The van der Waals surface area contributed by atoms with E-state index in [1.54, 1.807) is 6.07 Å². The fourth-order valence-corrected chi connectivity index (χ4v) is 7.86. The van der Waals surface area contributed by atoms with Crippen molar-refractivity contribution in [1.82, 2.24) is 9.80 Å². The van der Waals surface area contributed by atoms with Crippen molar-refractivity contribution in [2.75, 3.05) is 6.54 Å². The van der Waals surface area contributed by atoms with Gasteiger partial charge in [0.1, 0.15) is 12.2 Å². The molecule has 0 N–H and O–H groups in total. The molecule has 4 aliphatic rings. The molecular weight excluding hydrogens is 531 g/mol. The molecule has 0 radical (unpaired) electrons. The number of hydrogen-bond acceptors (Lipinski definition) is 2. The number of pyridine rings is 1. The summed E-state index contributed by atoms with van der Waals surface area (Å²) in [6.07, 6.45) is 4.58. The molecule has 0 saturated heterocycles. The van der Waals surface area contributed by atoms with Gasteiger partial charge in [-0.1, -0.05) is 54.6 Å². The van der Waals surface area contributed by atoms with Crippen LogP contribution in [0.2, 0.25) is 0 Å². The smallest absolute Gasteiger partial charge is 0.352 e. The van der Waals surface area contributed by atoms with Crippen LogP contribution in [0.4, 0.5) is 13.2 Å². The fourth-order valence-electron chi connectivity index (χ4n) is 7.86. The second-order valence-electron chi connectivity index (χ2n) is 11.9. The number of aromatic nitrogens is 1. The van der Waals surface area contributed by atoms with Crippen molar-refractivity contribution in [2.24, 2.45) is 0 Å². The van der Waals surface area contributed by atoms with E-state index in [-0.39, 0.29) is 18.1 Å². The highest BCUT2D eigenvalue weighted by Gasteiger charge is 2.50. The first-order valence-corrected chi connectivity index (χ1v) is 14.6. The lowest BCUT2D eigenvalue weighted by Crippen LogP contribution is -2.53. The molecule has 1 aromatic heterocycles. The molecule has 0 bridgehead atoms. The highest BCUT2D eigenvalue weighted by atomic mass is 19.4. The lowest BCUT2D eigenvalue weighted by molar-refractivity contribution is -0.573. The Kier molecular flexibility index (Phi) is 5.50. The SMILES string of the molecule is C=C1C2C(CCc3ccc(C(F)(F)F)cc3-c3c(-c4ccccc4)c(C)cc[n+]31)c1cccc3c1C1N(C=CN21)CC3. The molecule has 0 saturated carbocycles. The highest BCUT2D eigenvalue weighted by Crippen LogP contribution is 2.52. The normalized spacial score (nSPS) is 22.0. The van der Waals surface area contributed by atoms with Gasteiger partial charge in [0, 0.05) is 36.5 Å². The number of hydrogen-bond donors (Lipinski definition) is 0. The van der Waals surface area contributed by atoms with Gasteiger partial charge in [0.2, 0.25) is 11.4 Å². The molecule has 0 amide bonds. The standard InChI is InChI=1S/C36H31F3N3/c1-22-15-18-41-23(2)33-29(28-10-6-9-26-16-17-40-19-20-42(33)35(40)32(26)28)14-12-24-11-13-27(36(37,38)39)21-30(24)34(41)31(22)25-7-4-3-5-8-25/h3-11,13,15,18-21,29,33,35H,2,12,14,16-17H2,1H3/q+1. The Hall–Kier alpha value is -4.32. The third-order valence-electron chi connectivity index (χ3n) is 9.73. The average Bonchev–Trinajstić information content (AvgIpc) is 3.44. The minimum Gasteiger partial charge on any atom is -0.352 e. The van der Waals surface area contributed by atoms with E-state index >= 15 is 0 Å². The molecule has 4 aliphatic heterocycles. The zero-order valence-corrected chi connectivity index (χ0v) is 23.4. The van der Waals surface area contributed by atoms with Crippen LogP contribution in [0, 0.1) is 6.92 Å². The Morgan fingerprint density at radius 3 is 2.55 bits per heavy atom. The average molecular weight is 563 g/mol. The van der Waals surface area contributed by atoms with Gasteiger partial charge in [-0.05, 0) is 72.7 Å². The molecule has 5 heterocycles. The highest BCUT2D eigenvalue weighted by molar-refractivity contribution is 5.83. The largest absolute Gasteiger partial charge is 0.416 e. The predicted octanol–water partition coefficient (Wildman–Crippen LogP) is 7.86. The molecule has 4 aromatic rings. The lowest BCUT2D eigenvalue weighted by atomic mass is 9.75. The Labute approximate surface area is 243 Å². The van der Waals surface area contributed by atoms with Gasteiger partial charge >= 0.3 is 6.18 Å². The van der Waals surface area contributed by atoms with Crippen molar-refractivity contribution in [3.8, 4) is 22.4 Å². The van der Waals surface area contributed by atoms with Crippen LogP contribution in [0.5, 0.6) is 0 Å². The van der Waals surface area contributed by atoms with E-state index < -0.39 is 11.7 Å². The molecular formula is C36H31F3N3+. The molecule has 210 valence electrons. The van der Waals surface area contributed by atoms with Gasteiger partial charge < -0.3 is 9.80 Å². The van der Waals surface area contributed by atoms with Crippen LogP contribution in [0.3, 0.4) is 0 Å². The Morgan fingerprint density at radius 2 is 1.74 bits per heavy atom. The van der Waals surface area contributed by atoms with Gasteiger partial charge in [-0.15, -0.1) is 0 Å². The van der Waals surface area contributed by atoms with Crippen LogP contribution < -0.4 is 4.57 Å². The van der Waals surface area contributed by atoms with E-state index in [0.717, 1.165) is 53.0 Å². The molecule has 0 fully saturated rings. The summed E-state index contributed by atoms with van der Waals surface area (Å²) in [5.41, 5.74) is 9.65. The Balaban J connectivity index is 1.43. The van der Waals surface area contributed by atoms with Crippen LogP contribution in [0.15, 0.2) is 98.0 Å². The predicted molar refractivity (Wildman–Crippen MR) is 158 cm³/mol. The first-order valence-electron chi connectivity index (χ1n) is 14.6. The molecule has 3 unspecified atom stereocenters. The Bertz CT molecular complexity index is 1790. The maximum atomic E-state index is 14.2. The number of alkyl halides is 3. The molecule has 0 spiro atoms.